The highest BCUT2D eigenvalue weighted by Gasteiger charge is 2.02. The summed E-state index contributed by atoms with van der Waals surface area (Å²) in [5, 5.41) is 11.6. The molecule has 2 rings (SSSR count). The number of anilines is 1. The van der Waals surface area contributed by atoms with Crippen LogP contribution in [0.25, 0.3) is 11.0 Å². The molecule has 0 saturated carbocycles. The van der Waals surface area contributed by atoms with Crippen LogP contribution in [-0.2, 0) is 4.74 Å². The average molecular weight is 253 g/mol. The van der Waals surface area contributed by atoms with Gasteiger partial charge in [0, 0.05) is 13.2 Å². The first-order valence-corrected chi connectivity index (χ1v) is 5.87. The van der Waals surface area contributed by atoms with Crippen molar-refractivity contribution in [2.45, 2.75) is 6.42 Å². The number of nitrogens with one attached hydrogen (secondary N) is 2. The second kappa shape index (κ2) is 6.32. The summed E-state index contributed by atoms with van der Waals surface area (Å²) < 4.78 is 18.1. The molecular weight excluding hydrogens is 237 g/mol. The van der Waals surface area contributed by atoms with Crippen molar-refractivity contribution >= 4 is 17.0 Å². The number of nitrogens with zero attached hydrogens (tertiary/aromatic N) is 1. The molecule has 2 aromatic rings. The van der Waals surface area contributed by atoms with E-state index in [1.807, 2.05) is 0 Å². The normalized spacial score (nSPS) is 11.0. The predicted octanol–water partition coefficient (Wildman–Crippen LogP) is 1.51. The van der Waals surface area contributed by atoms with Gasteiger partial charge < -0.3 is 20.1 Å². The van der Waals surface area contributed by atoms with E-state index in [9.17, 15) is 4.39 Å². The second-order valence-corrected chi connectivity index (χ2v) is 3.86. The van der Waals surface area contributed by atoms with Crippen LogP contribution in [0.15, 0.2) is 18.2 Å². The van der Waals surface area contributed by atoms with Gasteiger partial charge in [-0.1, -0.05) is 0 Å². The van der Waals surface area contributed by atoms with E-state index >= 15 is 0 Å². The number of halogens is 1. The van der Waals surface area contributed by atoms with E-state index in [1.54, 1.807) is 6.07 Å². The lowest BCUT2D eigenvalue weighted by atomic mass is 10.3. The third-order valence-corrected chi connectivity index (χ3v) is 2.44. The molecule has 0 aliphatic heterocycles. The van der Waals surface area contributed by atoms with Crippen LogP contribution in [0, 0.1) is 5.82 Å². The summed E-state index contributed by atoms with van der Waals surface area (Å²) in [5.41, 5.74) is 1.41. The van der Waals surface area contributed by atoms with Crippen molar-refractivity contribution in [1.82, 2.24) is 9.97 Å². The zero-order valence-electron chi connectivity index (χ0n) is 9.95. The van der Waals surface area contributed by atoms with Crippen LogP contribution in [0.2, 0.25) is 0 Å². The average Bonchev–Trinajstić information content (AvgIpc) is 2.75. The first-order valence-electron chi connectivity index (χ1n) is 5.87. The molecule has 6 heteroatoms. The second-order valence-electron chi connectivity index (χ2n) is 3.86. The third-order valence-electron chi connectivity index (χ3n) is 2.44. The largest absolute Gasteiger partial charge is 0.394 e. The third kappa shape index (κ3) is 3.41. The number of H-pyrrole nitrogens is 1. The lowest BCUT2D eigenvalue weighted by Crippen LogP contribution is -2.08. The molecule has 1 aromatic heterocycles. The van der Waals surface area contributed by atoms with Crippen molar-refractivity contribution in [3.63, 3.8) is 0 Å². The Labute approximate surface area is 104 Å². The molecule has 0 saturated heterocycles. The number of aromatic nitrogens is 2. The van der Waals surface area contributed by atoms with Crippen LogP contribution in [-0.4, -0.2) is 41.4 Å². The molecular formula is C12H16FN3O2. The fraction of sp³-hybridized carbons (Fsp3) is 0.417. The van der Waals surface area contributed by atoms with Crippen molar-refractivity contribution < 1.29 is 14.2 Å². The number of aliphatic hydroxyl groups excluding tert-OH is 1. The van der Waals surface area contributed by atoms with Crippen LogP contribution in [0.3, 0.4) is 0 Å². The van der Waals surface area contributed by atoms with E-state index in [-0.39, 0.29) is 12.4 Å². The van der Waals surface area contributed by atoms with E-state index in [2.05, 4.69) is 15.3 Å². The molecule has 0 radical (unpaired) electrons. The van der Waals surface area contributed by atoms with Gasteiger partial charge in [0.15, 0.2) is 0 Å². The van der Waals surface area contributed by atoms with E-state index < -0.39 is 0 Å². The summed E-state index contributed by atoms with van der Waals surface area (Å²) in [6.45, 7) is 1.70. The minimum Gasteiger partial charge on any atom is -0.394 e. The van der Waals surface area contributed by atoms with E-state index in [0.717, 1.165) is 11.9 Å². The number of hydrogen-bond acceptors (Lipinski definition) is 4. The van der Waals surface area contributed by atoms with Gasteiger partial charge >= 0.3 is 0 Å². The van der Waals surface area contributed by atoms with Crippen molar-refractivity contribution in [2.24, 2.45) is 0 Å². The highest BCUT2D eigenvalue weighted by molar-refractivity contribution is 5.77. The molecule has 0 aliphatic carbocycles. The highest BCUT2D eigenvalue weighted by atomic mass is 19.1. The monoisotopic (exact) mass is 253 g/mol. The van der Waals surface area contributed by atoms with E-state index in [0.29, 0.717) is 31.2 Å². The smallest absolute Gasteiger partial charge is 0.201 e. The van der Waals surface area contributed by atoms with Gasteiger partial charge in [0.1, 0.15) is 5.82 Å². The first kappa shape index (κ1) is 12.8. The molecule has 18 heavy (non-hydrogen) atoms. The molecule has 5 nitrogen and oxygen atoms in total. The number of rotatable bonds is 7. The molecule has 0 fully saturated rings. The van der Waals surface area contributed by atoms with Crippen LogP contribution in [0.4, 0.5) is 10.3 Å². The van der Waals surface area contributed by atoms with E-state index in [1.165, 1.54) is 12.1 Å². The molecule has 1 heterocycles. The summed E-state index contributed by atoms with van der Waals surface area (Å²) in [7, 11) is 0. The number of ether oxygens (including phenoxy) is 1. The maximum atomic E-state index is 13.0. The highest BCUT2D eigenvalue weighted by Crippen LogP contribution is 2.15. The Morgan fingerprint density at radius 3 is 3.11 bits per heavy atom. The van der Waals surface area contributed by atoms with Gasteiger partial charge in [-0.05, 0) is 24.6 Å². The van der Waals surface area contributed by atoms with Crippen molar-refractivity contribution in [3.8, 4) is 0 Å². The van der Waals surface area contributed by atoms with Crippen molar-refractivity contribution in [2.75, 3.05) is 31.7 Å². The van der Waals surface area contributed by atoms with Gasteiger partial charge in [-0.15, -0.1) is 0 Å². The number of aliphatic hydroxyl groups is 1. The van der Waals surface area contributed by atoms with Gasteiger partial charge in [0.2, 0.25) is 5.95 Å². The zero-order chi connectivity index (χ0) is 12.8. The molecule has 0 spiro atoms. The standard InChI is InChI=1S/C12H16FN3O2/c13-9-2-3-10-11(8-9)16-12(15-10)14-4-1-6-18-7-5-17/h2-3,8,17H,1,4-7H2,(H2,14,15,16). The quantitative estimate of drug-likeness (QED) is 0.654. The Bertz CT molecular complexity index is 501. The minimum atomic E-state index is -0.282. The molecule has 0 bridgehead atoms. The van der Waals surface area contributed by atoms with Gasteiger partial charge in [-0.2, -0.15) is 0 Å². The lowest BCUT2D eigenvalue weighted by molar-refractivity contribution is 0.0922. The topological polar surface area (TPSA) is 70.2 Å². The maximum absolute atomic E-state index is 13.0. The van der Waals surface area contributed by atoms with Crippen LogP contribution >= 0.6 is 0 Å². The SMILES string of the molecule is OCCOCCCNc1nc2ccc(F)cc2[nH]1. The number of imidazole rings is 1. The van der Waals surface area contributed by atoms with Gasteiger partial charge in [0.25, 0.3) is 0 Å². The molecule has 0 atom stereocenters. The number of hydrogen-bond donors (Lipinski definition) is 3. The van der Waals surface area contributed by atoms with Crippen molar-refractivity contribution in [3.05, 3.63) is 24.0 Å². The van der Waals surface area contributed by atoms with Crippen LogP contribution in [0.5, 0.6) is 0 Å². The Kier molecular flexibility index (Phi) is 4.49. The molecule has 1 aromatic carbocycles. The summed E-state index contributed by atoms with van der Waals surface area (Å²) in [6, 6.07) is 4.43. The number of fused-ring (bicyclic) bond motifs is 1. The van der Waals surface area contributed by atoms with E-state index in [4.69, 9.17) is 9.84 Å². The zero-order valence-corrected chi connectivity index (χ0v) is 9.95. The first-order chi connectivity index (χ1) is 8.79. The molecule has 0 aliphatic rings. The summed E-state index contributed by atoms with van der Waals surface area (Å²) in [4.78, 5) is 7.27. The Balaban J connectivity index is 1.81. The minimum absolute atomic E-state index is 0.0442. The Morgan fingerprint density at radius 2 is 2.28 bits per heavy atom. The van der Waals surface area contributed by atoms with Crippen molar-refractivity contribution in [1.29, 1.82) is 0 Å². The van der Waals surface area contributed by atoms with Gasteiger partial charge in [-0.25, -0.2) is 9.37 Å². The fourth-order valence-corrected chi connectivity index (χ4v) is 1.61. The maximum Gasteiger partial charge on any atom is 0.201 e. The number of aromatic amines is 1. The summed E-state index contributed by atoms with van der Waals surface area (Å²) in [5.74, 6) is 0.341. The summed E-state index contributed by atoms with van der Waals surface area (Å²) >= 11 is 0. The molecule has 0 unspecified atom stereocenters. The fourth-order valence-electron chi connectivity index (χ4n) is 1.61. The van der Waals surface area contributed by atoms with Crippen LogP contribution < -0.4 is 5.32 Å². The Hall–Kier alpha value is -1.66. The Morgan fingerprint density at radius 1 is 1.39 bits per heavy atom. The molecule has 3 N–H and O–H groups in total. The van der Waals surface area contributed by atoms with Crippen LogP contribution in [0.1, 0.15) is 6.42 Å². The molecule has 0 amide bonds. The van der Waals surface area contributed by atoms with Gasteiger partial charge in [0.05, 0.1) is 24.2 Å². The van der Waals surface area contributed by atoms with Gasteiger partial charge in [-0.3, -0.25) is 0 Å². The predicted molar refractivity (Wildman–Crippen MR) is 67.1 cm³/mol. The molecule has 98 valence electrons. The summed E-state index contributed by atoms with van der Waals surface area (Å²) in [6.07, 6.45) is 0.811. The number of benzene rings is 1. The lowest BCUT2D eigenvalue weighted by Gasteiger charge is -2.03.